The molecule has 12 heteroatoms. The van der Waals surface area contributed by atoms with Crippen LogP contribution in [0.1, 0.15) is 74.9 Å². The Hall–Kier alpha value is -6.76. The number of fused-ring (bicyclic) bond motifs is 3. The summed E-state index contributed by atoms with van der Waals surface area (Å²) in [5.41, 5.74) is 8.71. The monoisotopic (exact) mass is 914 g/mol. The average Bonchev–Trinajstić information content (AvgIpc) is 3.60. The van der Waals surface area contributed by atoms with Crippen molar-refractivity contribution in [1.82, 2.24) is 0 Å². The van der Waals surface area contributed by atoms with Crippen LogP contribution in [0.3, 0.4) is 0 Å². The van der Waals surface area contributed by atoms with Gasteiger partial charge in [0.25, 0.3) is 0 Å². The third-order valence-corrected chi connectivity index (χ3v) is 11.0. The Morgan fingerprint density at radius 1 is 0.493 bits per heavy atom. The molecule has 0 spiro atoms. The Kier molecular flexibility index (Phi) is 17.7. The van der Waals surface area contributed by atoms with Crippen molar-refractivity contribution in [2.45, 2.75) is 85.2 Å². The fourth-order valence-corrected chi connectivity index (χ4v) is 7.49. The van der Waals surface area contributed by atoms with Gasteiger partial charge in [-0.2, -0.15) is 0 Å². The van der Waals surface area contributed by atoms with E-state index in [9.17, 15) is 19.2 Å². The Bertz CT molecular complexity index is 2340. The lowest BCUT2D eigenvalue weighted by molar-refractivity contribution is -0.159. The standard InChI is InChI=1S/C55H62O12/c1-33(2)51(56)64-31-43(66-53(58)35(5)6)29-60-39(11)27-62-49-23-21-41(25-37(49)9)55(47-19-15-13-17-45(47)46-18-14-16-20-48(46)55)42-22-24-50(38(10)26-42)63-28-40(12)61-30-44(67-54(59)36(7)8)32-65-52(57)34(3)4/h13-26,39-40,43-44H,1,3,5,7,27-32H2,2,4,6,8-12H3. The van der Waals surface area contributed by atoms with Gasteiger partial charge >= 0.3 is 23.9 Å². The van der Waals surface area contributed by atoms with E-state index in [0.29, 0.717) is 11.5 Å². The summed E-state index contributed by atoms with van der Waals surface area (Å²) in [5, 5.41) is 0. The molecule has 0 radical (unpaired) electrons. The van der Waals surface area contributed by atoms with Crippen molar-refractivity contribution >= 4 is 23.9 Å². The maximum absolute atomic E-state index is 12.3. The lowest BCUT2D eigenvalue weighted by Crippen LogP contribution is -2.32. The summed E-state index contributed by atoms with van der Waals surface area (Å²) in [6.07, 6.45) is -2.55. The third kappa shape index (κ3) is 12.8. The first kappa shape index (κ1) is 51.2. The predicted molar refractivity (Wildman–Crippen MR) is 256 cm³/mol. The first-order valence-corrected chi connectivity index (χ1v) is 22.1. The largest absolute Gasteiger partial charge is 0.491 e. The minimum absolute atomic E-state index is 0.0338. The van der Waals surface area contributed by atoms with E-state index in [-0.39, 0.29) is 61.9 Å². The van der Waals surface area contributed by atoms with Gasteiger partial charge in [0.2, 0.25) is 0 Å². The molecule has 4 unspecified atom stereocenters. The summed E-state index contributed by atoms with van der Waals surface area (Å²) in [4.78, 5) is 48.7. The number of benzene rings is 4. The molecular weight excluding hydrogens is 853 g/mol. The first-order chi connectivity index (χ1) is 31.8. The Balaban J connectivity index is 1.34. The second-order valence-electron chi connectivity index (χ2n) is 17.1. The summed E-state index contributed by atoms with van der Waals surface area (Å²) in [5.74, 6) is -1.06. The number of rotatable bonds is 24. The minimum atomic E-state index is -0.858. The highest BCUT2D eigenvalue weighted by atomic mass is 16.6. The van der Waals surface area contributed by atoms with Crippen LogP contribution < -0.4 is 9.47 Å². The van der Waals surface area contributed by atoms with E-state index in [2.05, 4.69) is 99.1 Å². The van der Waals surface area contributed by atoms with Crippen molar-refractivity contribution in [1.29, 1.82) is 0 Å². The molecule has 5 rings (SSSR count). The van der Waals surface area contributed by atoms with E-state index in [1.54, 1.807) is 0 Å². The van der Waals surface area contributed by atoms with Crippen LogP contribution in [0.4, 0.5) is 0 Å². The zero-order chi connectivity index (χ0) is 49.0. The number of hydrogen-bond acceptors (Lipinski definition) is 12. The van der Waals surface area contributed by atoms with Gasteiger partial charge in [-0.15, -0.1) is 0 Å². The van der Waals surface area contributed by atoms with Crippen molar-refractivity contribution in [3.63, 3.8) is 0 Å². The maximum atomic E-state index is 12.3. The average molecular weight is 915 g/mol. The molecule has 0 aliphatic heterocycles. The highest BCUT2D eigenvalue weighted by Gasteiger charge is 2.46. The number of aryl methyl sites for hydroxylation is 2. The van der Waals surface area contributed by atoms with Crippen LogP contribution in [0.15, 0.2) is 134 Å². The Labute approximate surface area is 394 Å². The summed E-state index contributed by atoms with van der Waals surface area (Å²) in [6.45, 7) is 28.2. The van der Waals surface area contributed by atoms with Gasteiger partial charge in [-0.3, -0.25) is 0 Å². The van der Waals surface area contributed by atoms with Crippen LogP contribution >= 0.6 is 0 Å². The molecule has 0 saturated heterocycles. The molecule has 0 aromatic heterocycles. The Morgan fingerprint density at radius 3 is 1.19 bits per heavy atom. The fourth-order valence-electron chi connectivity index (χ4n) is 7.49. The molecule has 4 aromatic carbocycles. The van der Waals surface area contributed by atoms with Gasteiger partial charge in [-0.05, 0) is 112 Å². The third-order valence-electron chi connectivity index (χ3n) is 11.0. The summed E-state index contributed by atoms with van der Waals surface area (Å²) >= 11 is 0. The van der Waals surface area contributed by atoms with Crippen LogP contribution in [0, 0.1) is 13.8 Å². The SMILES string of the molecule is C=C(C)C(=O)OCC(COC(C)COc1ccc(C2(c3ccc(OCC(C)OCC(COC(=O)C(=C)C)OC(=O)C(=C)C)c(C)c3)c3ccccc3-c3ccccc32)cc1C)OC(=O)C(=C)C. The zero-order valence-corrected chi connectivity index (χ0v) is 39.9. The molecule has 12 nitrogen and oxygen atoms in total. The smallest absolute Gasteiger partial charge is 0.333 e. The number of hydrogen-bond donors (Lipinski definition) is 0. The second kappa shape index (κ2) is 23.1. The van der Waals surface area contributed by atoms with Crippen molar-refractivity contribution in [2.75, 3.05) is 39.6 Å². The molecule has 0 fully saturated rings. The molecule has 4 atom stereocenters. The molecule has 0 N–H and O–H groups in total. The molecule has 0 saturated carbocycles. The van der Waals surface area contributed by atoms with Crippen LogP contribution in [-0.2, 0) is 53.0 Å². The van der Waals surface area contributed by atoms with E-state index in [0.717, 1.165) is 44.5 Å². The highest BCUT2D eigenvalue weighted by Crippen LogP contribution is 2.56. The van der Waals surface area contributed by atoms with Crippen LogP contribution in [-0.4, -0.2) is 87.9 Å². The van der Waals surface area contributed by atoms with Crippen LogP contribution in [0.25, 0.3) is 11.1 Å². The normalized spacial score (nSPS) is 13.9. The topological polar surface area (TPSA) is 142 Å². The quantitative estimate of drug-likeness (QED) is 0.0331. The van der Waals surface area contributed by atoms with Crippen molar-refractivity contribution < 1.29 is 57.1 Å². The molecule has 0 amide bonds. The summed E-state index contributed by atoms with van der Waals surface area (Å²) < 4.78 is 46.1. The van der Waals surface area contributed by atoms with Gasteiger partial charge < -0.3 is 37.9 Å². The van der Waals surface area contributed by atoms with E-state index >= 15 is 0 Å². The molecule has 67 heavy (non-hydrogen) atoms. The second-order valence-corrected chi connectivity index (χ2v) is 17.1. The van der Waals surface area contributed by atoms with Crippen LogP contribution in [0.2, 0.25) is 0 Å². The lowest BCUT2D eigenvalue weighted by Gasteiger charge is -2.35. The molecule has 0 bridgehead atoms. The van der Waals surface area contributed by atoms with E-state index in [4.69, 9.17) is 37.9 Å². The van der Waals surface area contributed by atoms with Crippen LogP contribution in [0.5, 0.6) is 11.5 Å². The van der Waals surface area contributed by atoms with Crippen molar-refractivity contribution in [3.05, 3.63) is 167 Å². The van der Waals surface area contributed by atoms with Crippen molar-refractivity contribution in [3.8, 4) is 22.6 Å². The van der Waals surface area contributed by atoms with E-state index in [1.807, 2.05) is 39.8 Å². The summed E-state index contributed by atoms with van der Waals surface area (Å²) in [6, 6.07) is 29.5. The molecule has 0 heterocycles. The number of carbonyl (C=O) groups excluding carboxylic acids is 4. The van der Waals surface area contributed by atoms with E-state index in [1.165, 1.54) is 27.7 Å². The molecule has 4 aromatic rings. The molecule has 354 valence electrons. The fraction of sp³-hybridized carbons (Fsp3) is 0.345. The first-order valence-electron chi connectivity index (χ1n) is 22.1. The van der Waals surface area contributed by atoms with E-state index < -0.39 is 53.7 Å². The predicted octanol–water partition coefficient (Wildman–Crippen LogP) is 9.45. The van der Waals surface area contributed by atoms with Gasteiger partial charge in [0.05, 0.1) is 30.8 Å². The molecule has 1 aliphatic carbocycles. The molecular formula is C55H62O12. The van der Waals surface area contributed by atoms with Gasteiger partial charge in [-0.1, -0.05) is 99.1 Å². The number of esters is 4. The van der Waals surface area contributed by atoms with Gasteiger partial charge in [0.15, 0.2) is 12.2 Å². The van der Waals surface area contributed by atoms with Crippen molar-refractivity contribution in [2.24, 2.45) is 0 Å². The number of carbonyl (C=O) groups is 4. The highest BCUT2D eigenvalue weighted by molar-refractivity contribution is 5.89. The Morgan fingerprint density at radius 2 is 0.851 bits per heavy atom. The van der Waals surface area contributed by atoms with Gasteiger partial charge in [0, 0.05) is 22.3 Å². The van der Waals surface area contributed by atoms with Gasteiger partial charge in [0.1, 0.15) is 37.9 Å². The maximum Gasteiger partial charge on any atom is 0.333 e. The minimum Gasteiger partial charge on any atom is -0.491 e. The number of ether oxygens (including phenoxy) is 8. The molecule has 1 aliphatic rings. The van der Waals surface area contributed by atoms with Gasteiger partial charge in [-0.25, -0.2) is 19.2 Å². The lowest BCUT2D eigenvalue weighted by atomic mass is 9.67. The summed E-state index contributed by atoms with van der Waals surface area (Å²) in [7, 11) is 0. The zero-order valence-electron chi connectivity index (χ0n) is 39.9.